The number of amides is 3. The molecule has 9 nitrogen and oxygen atoms in total. The summed E-state index contributed by atoms with van der Waals surface area (Å²) in [5, 5.41) is 6.68. The molecule has 4 aliphatic heterocycles. The van der Waals surface area contributed by atoms with E-state index in [0.29, 0.717) is 22.2 Å². The van der Waals surface area contributed by atoms with Gasteiger partial charge in [-0.3, -0.25) is 14.4 Å². The first-order chi connectivity index (χ1) is 19.4. The lowest BCUT2D eigenvalue weighted by molar-refractivity contribution is -0.142. The summed E-state index contributed by atoms with van der Waals surface area (Å²) >= 11 is 6.00. The number of halogens is 1. The number of fused-ring (bicyclic) bond motifs is 2. The van der Waals surface area contributed by atoms with E-state index in [2.05, 4.69) is 10.6 Å². The molecule has 2 aromatic rings. The third kappa shape index (κ3) is 4.14. The van der Waals surface area contributed by atoms with Crippen LogP contribution in [0.25, 0.3) is 0 Å². The molecule has 2 saturated heterocycles. The second kappa shape index (κ2) is 9.82. The van der Waals surface area contributed by atoms with Gasteiger partial charge < -0.3 is 29.7 Å². The number of nitrogens with zero attached hydrogens (tertiary/aromatic N) is 1. The summed E-state index contributed by atoms with van der Waals surface area (Å²) in [6, 6.07) is 11.4. The molecule has 5 atom stereocenters. The van der Waals surface area contributed by atoms with Crippen LogP contribution in [0.1, 0.15) is 37.7 Å². The number of hydrogen-bond acceptors (Lipinski definition) is 6. The lowest BCUT2D eigenvalue weighted by Crippen LogP contribution is -2.56. The van der Waals surface area contributed by atoms with Crippen molar-refractivity contribution in [1.29, 1.82) is 0 Å². The number of hydrogen-bond donors (Lipinski definition) is 2. The summed E-state index contributed by atoms with van der Waals surface area (Å²) in [7, 11) is 0. The predicted molar refractivity (Wildman–Crippen MR) is 146 cm³/mol. The second-order valence-corrected chi connectivity index (χ2v) is 11.6. The molecule has 7 rings (SSSR count). The summed E-state index contributed by atoms with van der Waals surface area (Å²) in [6.45, 7) is 0.313. The number of anilines is 1. The van der Waals surface area contributed by atoms with Crippen LogP contribution in [0.5, 0.6) is 11.5 Å². The van der Waals surface area contributed by atoms with E-state index < -0.39 is 29.6 Å². The zero-order chi connectivity index (χ0) is 27.4. The number of rotatable bonds is 6. The summed E-state index contributed by atoms with van der Waals surface area (Å²) in [6.07, 6.45) is 8.17. The van der Waals surface area contributed by atoms with Gasteiger partial charge in [0.2, 0.25) is 24.5 Å². The van der Waals surface area contributed by atoms with Crippen LogP contribution >= 0.6 is 11.6 Å². The Morgan fingerprint density at radius 1 is 1.00 bits per heavy atom. The van der Waals surface area contributed by atoms with Gasteiger partial charge in [0.25, 0.3) is 0 Å². The maximum Gasteiger partial charge on any atom is 0.246 e. The molecule has 3 unspecified atom stereocenters. The second-order valence-electron chi connectivity index (χ2n) is 11.2. The fourth-order valence-electron chi connectivity index (χ4n) is 6.96. The van der Waals surface area contributed by atoms with Crippen LogP contribution in [0.4, 0.5) is 5.69 Å². The first-order valence-electron chi connectivity index (χ1n) is 13.9. The highest BCUT2D eigenvalue weighted by Gasteiger charge is 2.72. The SMILES string of the molecule is O=C(Nc1ccc(Cl)cc1)C1[C@@H]2C=CC3(O2)C(C(=O)NC2CCCCC2)N(Cc2ccc4c(c2)OCO4)C(=O)[C@H]13. The molecule has 2 N–H and O–H groups in total. The zero-order valence-electron chi connectivity index (χ0n) is 21.8. The molecule has 1 saturated carbocycles. The minimum absolute atomic E-state index is 0.0609. The topological polar surface area (TPSA) is 106 Å². The Bertz CT molecular complexity index is 1390. The van der Waals surface area contributed by atoms with Gasteiger partial charge in [0.15, 0.2) is 11.5 Å². The smallest absolute Gasteiger partial charge is 0.246 e. The van der Waals surface area contributed by atoms with Gasteiger partial charge >= 0.3 is 0 Å². The van der Waals surface area contributed by atoms with E-state index in [4.69, 9.17) is 25.8 Å². The third-order valence-electron chi connectivity index (χ3n) is 8.78. The standard InChI is InChI=1S/C30H30ClN3O6/c31-18-7-9-20(10-8-18)32-27(35)24-22-12-13-30(40-22)25(24)29(37)34(15-17-6-11-21-23(14-17)39-16-38-21)26(30)28(36)33-19-4-2-1-3-5-19/h6-14,19,22,24-26H,1-5,15-16H2,(H,32,35)(H,33,36)/t22-,24?,25-,26?,30?/m0/s1. The number of nitrogens with one attached hydrogen (secondary N) is 2. The molecule has 2 bridgehead atoms. The van der Waals surface area contributed by atoms with E-state index in [1.165, 1.54) is 0 Å². The molecule has 4 heterocycles. The van der Waals surface area contributed by atoms with Crippen molar-refractivity contribution in [3.05, 3.63) is 65.2 Å². The van der Waals surface area contributed by atoms with Gasteiger partial charge in [-0.15, -0.1) is 0 Å². The van der Waals surface area contributed by atoms with Crippen LogP contribution in [-0.2, 0) is 25.7 Å². The van der Waals surface area contributed by atoms with Gasteiger partial charge in [-0.1, -0.05) is 49.1 Å². The van der Waals surface area contributed by atoms with Crippen LogP contribution < -0.4 is 20.1 Å². The monoisotopic (exact) mass is 563 g/mol. The molecule has 1 spiro atoms. The molecule has 3 fully saturated rings. The lowest BCUT2D eigenvalue weighted by Gasteiger charge is -2.34. The Kier molecular flexibility index (Phi) is 6.24. The van der Waals surface area contributed by atoms with Crippen molar-refractivity contribution in [2.75, 3.05) is 12.1 Å². The molecule has 0 radical (unpaired) electrons. The average Bonchev–Trinajstić information content (AvgIpc) is 3.71. The molecule has 2 aromatic carbocycles. The van der Waals surface area contributed by atoms with Crippen LogP contribution in [0.3, 0.4) is 0 Å². The van der Waals surface area contributed by atoms with Crippen LogP contribution in [0.15, 0.2) is 54.6 Å². The van der Waals surface area contributed by atoms with E-state index in [0.717, 1.165) is 37.7 Å². The molecule has 10 heteroatoms. The molecular weight excluding hydrogens is 534 g/mol. The normalized spacial score (nSPS) is 30.0. The Hall–Kier alpha value is -3.56. The number of ether oxygens (including phenoxy) is 3. The highest BCUT2D eigenvalue weighted by molar-refractivity contribution is 6.30. The van der Waals surface area contributed by atoms with Crippen LogP contribution in [0, 0.1) is 11.8 Å². The fourth-order valence-corrected chi connectivity index (χ4v) is 7.09. The van der Waals surface area contributed by atoms with Gasteiger partial charge in [-0.05, 0) is 54.8 Å². The van der Waals surface area contributed by atoms with Crippen molar-refractivity contribution in [1.82, 2.24) is 10.2 Å². The molecule has 1 aliphatic carbocycles. The number of benzene rings is 2. The summed E-state index contributed by atoms with van der Waals surface area (Å²) in [4.78, 5) is 43.4. The van der Waals surface area contributed by atoms with E-state index in [-0.39, 0.29) is 37.1 Å². The number of carbonyl (C=O) groups excluding carboxylic acids is 3. The van der Waals surface area contributed by atoms with Crippen LogP contribution in [-0.4, -0.2) is 53.2 Å². The van der Waals surface area contributed by atoms with Crippen molar-refractivity contribution in [3.8, 4) is 11.5 Å². The van der Waals surface area contributed by atoms with Crippen molar-refractivity contribution in [2.45, 2.75) is 62.4 Å². The quantitative estimate of drug-likeness (QED) is 0.518. The first kappa shape index (κ1) is 25.4. The molecule has 208 valence electrons. The Morgan fingerprint density at radius 3 is 2.58 bits per heavy atom. The third-order valence-corrected chi connectivity index (χ3v) is 9.03. The van der Waals surface area contributed by atoms with Gasteiger partial charge in [0.1, 0.15) is 11.6 Å². The maximum absolute atomic E-state index is 14.2. The average molecular weight is 564 g/mol. The van der Waals surface area contributed by atoms with Gasteiger partial charge in [-0.2, -0.15) is 0 Å². The van der Waals surface area contributed by atoms with Gasteiger partial charge in [0.05, 0.1) is 17.9 Å². The van der Waals surface area contributed by atoms with E-state index in [1.807, 2.05) is 24.3 Å². The molecule has 3 amide bonds. The van der Waals surface area contributed by atoms with Gasteiger partial charge in [0, 0.05) is 23.3 Å². The fraction of sp³-hybridized carbons (Fsp3) is 0.433. The van der Waals surface area contributed by atoms with Crippen molar-refractivity contribution >= 4 is 35.0 Å². The van der Waals surface area contributed by atoms with Crippen molar-refractivity contribution in [2.24, 2.45) is 11.8 Å². The molecule has 40 heavy (non-hydrogen) atoms. The van der Waals surface area contributed by atoms with Crippen LogP contribution in [0.2, 0.25) is 5.02 Å². The van der Waals surface area contributed by atoms with E-state index in [1.54, 1.807) is 35.2 Å². The molecule has 0 aromatic heterocycles. The van der Waals surface area contributed by atoms with Crippen molar-refractivity contribution < 1.29 is 28.6 Å². The molecule has 5 aliphatic rings. The van der Waals surface area contributed by atoms with Gasteiger partial charge in [-0.25, -0.2) is 0 Å². The predicted octanol–water partition coefficient (Wildman–Crippen LogP) is 3.81. The van der Waals surface area contributed by atoms with E-state index >= 15 is 0 Å². The number of carbonyl (C=O) groups is 3. The summed E-state index contributed by atoms with van der Waals surface area (Å²) in [5.41, 5.74) is 0.147. The molecular formula is C30H30ClN3O6. The highest BCUT2D eigenvalue weighted by Crippen LogP contribution is 2.55. The number of likely N-dealkylation sites (tertiary alicyclic amines) is 1. The van der Waals surface area contributed by atoms with Crippen molar-refractivity contribution in [3.63, 3.8) is 0 Å². The lowest BCUT2D eigenvalue weighted by atomic mass is 9.74. The zero-order valence-corrected chi connectivity index (χ0v) is 22.6. The Labute approximate surface area is 236 Å². The summed E-state index contributed by atoms with van der Waals surface area (Å²) < 4.78 is 17.4. The summed E-state index contributed by atoms with van der Waals surface area (Å²) in [5.74, 6) is -1.21. The minimum Gasteiger partial charge on any atom is -0.454 e. The maximum atomic E-state index is 14.2. The Balaban J connectivity index is 1.21. The Morgan fingerprint density at radius 2 is 1.77 bits per heavy atom. The first-order valence-corrected chi connectivity index (χ1v) is 14.2. The largest absolute Gasteiger partial charge is 0.454 e. The van der Waals surface area contributed by atoms with E-state index in [9.17, 15) is 14.4 Å². The minimum atomic E-state index is -1.22. The highest BCUT2D eigenvalue weighted by atomic mass is 35.5.